The Morgan fingerprint density at radius 3 is 2.84 bits per heavy atom. The second kappa shape index (κ2) is 8.58. The summed E-state index contributed by atoms with van der Waals surface area (Å²) >= 11 is 0. The maximum atomic E-state index is 13.4. The number of rotatable bonds is 9. The first-order chi connectivity index (χ1) is 9.19. The first-order valence-corrected chi connectivity index (χ1v) is 5.80. The number of hydrogen-bond acceptors (Lipinski definition) is 5. The van der Waals surface area contributed by atoms with Gasteiger partial charge in [-0.2, -0.15) is 0 Å². The van der Waals surface area contributed by atoms with Crippen LogP contribution in [0.1, 0.15) is 10.4 Å². The minimum atomic E-state index is -0.907. The van der Waals surface area contributed by atoms with Gasteiger partial charge < -0.3 is 19.3 Å². The standard InChI is InChI=1S/C13H17FO5/c1-17-5-6-18-8-11(16)9-19-13-10(7-15)3-2-4-12(13)14/h2-4,7,11,16H,5-6,8-9H2,1H3. The predicted octanol–water partition coefficient (Wildman–Crippen LogP) is 1.04. The molecule has 5 nitrogen and oxygen atoms in total. The van der Waals surface area contributed by atoms with E-state index in [2.05, 4.69) is 0 Å². The maximum Gasteiger partial charge on any atom is 0.165 e. The fraction of sp³-hybridized carbons (Fsp3) is 0.462. The highest BCUT2D eigenvalue weighted by Gasteiger charge is 2.12. The number of carbonyl (C=O) groups excluding carboxylic acids is 1. The molecule has 0 radical (unpaired) electrons. The predicted molar refractivity (Wildman–Crippen MR) is 66.0 cm³/mol. The second-order valence-electron chi connectivity index (χ2n) is 3.81. The van der Waals surface area contributed by atoms with Crippen LogP contribution in [-0.2, 0) is 9.47 Å². The number of halogens is 1. The number of aliphatic hydroxyl groups excluding tert-OH is 1. The van der Waals surface area contributed by atoms with E-state index in [1.807, 2.05) is 0 Å². The summed E-state index contributed by atoms with van der Waals surface area (Å²) < 4.78 is 28.4. The average molecular weight is 272 g/mol. The Morgan fingerprint density at radius 2 is 2.16 bits per heavy atom. The maximum absolute atomic E-state index is 13.4. The lowest BCUT2D eigenvalue weighted by atomic mass is 10.2. The molecule has 0 saturated carbocycles. The van der Waals surface area contributed by atoms with Crippen molar-refractivity contribution in [3.63, 3.8) is 0 Å². The van der Waals surface area contributed by atoms with Crippen molar-refractivity contribution < 1.29 is 28.5 Å². The summed E-state index contributed by atoms with van der Waals surface area (Å²) in [5.41, 5.74) is 0.104. The van der Waals surface area contributed by atoms with Crippen LogP contribution in [0.15, 0.2) is 18.2 Å². The summed E-state index contributed by atoms with van der Waals surface area (Å²) in [6.07, 6.45) is -0.407. The number of hydrogen-bond donors (Lipinski definition) is 1. The number of aliphatic hydroxyl groups is 1. The lowest BCUT2D eigenvalue weighted by Gasteiger charge is -2.14. The summed E-state index contributed by atoms with van der Waals surface area (Å²) in [5, 5.41) is 9.56. The van der Waals surface area contributed by atoms with E-state index in [9.17, 15) is 14.3 Å². The fourth-order valence-electron chi connectivity index (χ4n) is 1.36. The molecule has 19 heavy (non-hydrogen) atoms. The van der Waals surface area contributed by atoms with Crippen molar-refractivity contribution in [3.8, 4) is 5.75 Å². The minimum Gasteiger partial charge on any atom is -0.487 e. The van der Waals surface area contributed by atoms with Gasteiger partial charge in [-0.3, -0.25) is 4.79 Å². The third kappa shape index (κ3) is 5.34. The highest BCUT2D eigenvalue weighted by molar-refractivity contribution is 5.79. The van der Waals surface area contributed by atoms with E-state index in [0.29, 0.717) is 19.5 Å². The van der Waals surface area contributed by atoms with Gasteiger partial charge in [0.1, 0.15) is 12.7 Å². The highest BCUT2D eigenvalue weighted by atomic mass is 19.1. The van der Waals surface area contributed by atoms with Crippen LogP contribution in [0.4, 0.5) is 4.39 Å². The smallest absolute Gasteiger partial charge is 0.165 e. The number of ether oxygens (including phenoxy) is 3. The van der Waals surface area contributed by atoms with Crippen molar-refractivity contribution in [3.05, 3.63) is 29.6 Å². The topological polar surface area (TPSA) is 65.0 Å². The number of aldehydes is 1. The van der Waals surface area contributed by atoms with Crippen molar-refractivity contribution in [1.29, 1.82) is 0 Å². The lowest BCUT2D eigenvalue weighted by Crippen LogP contribution is -2.24. The van der Waals surface area contributed by atoms with Crippen LogP contribution in [0, 0.1) is 5.82 Å². The molecule has 1 aromatic rings. The molecule has 0 fully saturated rings. The van der Waals surface area contributed by atoms with Gasteiger partial charge in [-0.05, 0) is 12.1 Å². The van der Waals surface area contributed by atoms with Gasteiger partial charge in [-0.25, -0.2) is 4.39 Å². The molecule has 0 aliphatic rings. The summed E-state index contributed by atoms with van der Waals surface area (Å²) in [4.78, 5) is 10.7. The van der Waals surface area contributed by atoms with Gasteiger partial charge in [0, 0.05) is 7.11 Å². The lowest BCUT2D eigenvalue weighted by molar-refractivity contribution is -0.00477. The molecule has 0 bridgehead atoms. The molecule has 6 heteroatoms. The Bertz CT molecular complexity index is 397. The molecule has 1 unspecified atom stereocenters. The molecule has 1 rings (SSSR count). The quantitative estimate of drug-likeness (QED) is 0.537. The van der Waals surface area contributed by atoms with Gasteiger partial charge in [-0.1, -0.05) is 6.07 Å². The highest BCUT2D eigenvalue weighted by Crippen LogP contribution is 2.21. The molecule has 1 atom stereocenters. The number of para-hydroxylation sites is 1. The van der Waals surface area contributed by atoms with Crippen molar-refractivity contribution in [2.45, 2.75) is 6.10 Å². The van der Waals surface area contributed by atoms with Crippen LogP contribution in [0.3, 0.4) is 0 Å². The first kappa shape index (κ1) is 15.6. The van der Waals surface area contributed by atoms with Gasteiger partial charge >= 0.3 is 0 Å². The van der Waals surface area contributed by atoms with Gasteiger partial charge in [-0.15, -0.1) is 0 Å². The summed E-state index contributed by atoms with van der Waals surface area (Å²) in [6.45, 7) is 0.673. The third-order valence-electron chi connectivity index (χ3n) is 2.29. The van der Waals surface area contributed by atoms with E-state index in [-0.39, 0.29) is 24.5 Å². The monoisotopic (exact) mass is 272 g/mol. The number of benzene rings is 1. The van der Waals surface area contributed by atoms with E-state index >= 15 is 0 Å². The molecule has 0 aromatic heterocycles. The van der Waals surface area contributed by atoms with Gasteiger partial charge in [0.15, 0.2) is 17.9 Å². The zero-order valence-corrected chi connectivity index (χ0v) is 10.7. The van der Waals surface area contributed by atoms with Crippen LogP contribution >= 0.6 is 0 Å². The Hall–Kier alpha value is -1.50. The van der Waals surface area contributed by atoms with Crippen LogP contribution in [0.5, 0.6) is 5.75 Å². The van der Waals surface area contributed by atoms with Crippen molar-refractivity contribution in [1.82, 2.24) is 0 Å². The number of methoxy groups -OCH3 is 1. The molecule has 0 aliphatic heterocycles. The molecule has 0 spiro atoms. The largest absolute Gasteiger partial charge is 0.487 e. The first-order valence-electron chi connectivity index (χ1n) is 5.80. The Balaban J connectivity index is 2.41. The van der Waals surface area contributed by atoms with Crippen molar-refractivity contribution in [2.24, 2.45) is 0 Å². The fourth-order valence-corrected chi connectivity index (χ4v) is 1.36. The van der Waals surface area contributed by atoms with E-state index in [1.165, 1.54) is 18.2 Å². The average Bonchev–Trinajstić information content (AvgIpc) is 2.42. The molecule has 106 valence electrons. The molecular weight excluding hydrogens is 255 g/mol. The van der Waals surface area contributed by atoms with Gasteiger partial charge in [0.25, 0.3) is 0 Å². The van der Waals surface area contributed by atoms with Crippen LogP contribution < -0.4 is 4.74 Å². The molecule has 0 amide bonds. The molecule has 1 N–H and O–H groups in total. The zero-order valence-electron chi connectivity index (χ0n) is 10.7. The van der Waals surface area contributed by atoms with Crippen molar-refractivity contribution >= 4 is 6.29 Å². The molecule has 0 heterocycles. The normalized spacial score (nSPS) is 12.2. The van der Waals surface area contributed by atoms with Gasteiger partial charge in [0.2, 0.25) is 0 Å². The Kier molecular flexibility index (Phi) is 7.02. The zero-order chi connectivity index (χ0) is 14.1. The Morgan fingerprint density at radius 1 is 1.37 bits per heavy atom. The summed E-state index contributed by atoms with van der Waals surface area (Å²) in [7, 11) is 1.54. The van der Waals surface area contributed by atoms with E-state index in [4.69, 9.17) is 14.2 Å². The van der Waals surface area contributed by atoms with Crippen LogP contribution in [0.2, 0.25) is 0 Å². The van der Waals surface area contributed by atoms with E-state index < -0.39 is 11.9 Å². The minimum absolute atomic E-state index is 0.0498. The molecule has 0 aliphatic carbocycles. The van der Waals surface area contributed by atoms with Crippen LogP contribution in [0.25, 0.3) is 0 Å². The summed E-state index contributed by atoms with van der Waals surface area (Å²) in [6, 6.07) is 4.03. The molecule has 0 saturated heterocycles. The van der Waals surface area contributed by atoms with Gasteiger partial charge in [0.05, 0.1) is 25.4 Å². The van der Waals surface area contributed by atoms with Crippen LogP contribution in [-0.4, -0.2) is 51.0 Å². The molecule has 1 aromatic carbocycles. The number of carbonyl (C=O) groups is 1. The van der Waals surface area contributed by atoms with E-state index in [1.54, 1.807) is 7.11 Å². The summed E-state index contributed by atoms with van der Waals surface area (Å²) in [5.74, 6) is -0.800. The molecular formula is C13H17FO5. The van der Waals surface area contributed by atoms with Crippen molar-refractivity contribution in [2.75, 3.05) is 33.5 Å². The SMILES string of the molecule is COCCOCC(O)COc1c(F)cccc1C=O. The van der Waals surface area contributed by atoms with E-state index in [0.717, 1.165) is 0 Å². The third-order valence-corrected chi connectivity index (χ3v) is 2.29. The second-order valence-corrected chi connectivity index (χ2v) is 3.81. The Labute approximate surface area is 110 Å².